The number of amides is 1. The number of nitrogens with one attached hydrogen (secondary N) is 1. The van der Waals surface area contributed by atoms with E-state index in [1.165, 1.54) is 38.3 Å². The molecule has 0 spiro atoms. The molecule has 158 valence electrons. The summed E-state index contributed by atoms with van der Waals surface area (Å²) in [5.74, 6) is -0.508. The molecule has 0 aliphatic carbocycles. The van der Waals surface area contributed by atoms with E-state index in [0.717, 1.165) is 28.8 Å². The van der Waals surface area contributed by atoms with Gasteiger partial charge in [-0.1, -0.05) is 17.7 Å². The van der Waals surface area contributed by atoms with E-state index in [1.54, 1.807) is 0 Å². The highest BCUT2D eigenvalue weighted by Gasteiger charge is 2.32. The van der Waals surface area contributed by atoms with E-state index in [-0.39, 0.29) is 16.4 Å². The van der Waals surface area contributed by atoms with Gasteiger partial charge in [0.2, 0.25) is 15.9 Å². The third-order valence-electron chi connectivity index (χ3n) is 3.94. The largest absolute Gasteiger partial charge is 0.495 e. The molecule has 11 heteroatoms. The highest BCUT2D eigenvalue weighted by molar-refractivity contribution is 7.92. The molecule has 0 unspecified atom stereocenters. The van der Waals surface area contributed by atoms with Crippen LogP contribution in [0.3, 0.4) is 0 Å². The van der Waals surface area contributed by atoms with Crippen molar-refractivity contribution in [3.05, 3.63) is 53.1 Å². The molecule has 0 aliphatic heterocycles. The third kappa shape index (κ3) is 5.54. The number of anilines is 2. The van der Waals surface area contributed by atoms with Crippen LogP contribution < -0.4 is 14.4 Å². The molecule has 0 saturated heterocycles. The maximum Gasteiger partial charge on any atom is 0.416 e. The number of ether oxygens (including phenoxy) is 1. The molecule has 0 bridgehead atoms. The average molecular weight is 451 g/mol. The second-order valence-corrected chi connectivity index (χ2v) is 8.39. The quantitative estimate of drug-likeness (QED) is 0.717. The van der Waals surface area contributed by atoms with Crippen LogP contribution in [0.4, 0.5) is 24.5 Å². The smallest absolute Gasteiger partial charge is 0.416 e. The molecule has 1 atom stereocenters. The summed E-state index contributed by atoms with van der Waals surface area (Å²) in [5.41, 5.74) is -0.951. The van der Waals surface area contributed by atoms with Crippen molar-refractivity contribution >= 4 is 38.9 Å². The van der Waals surface area contributed by atoms with Crippen molar-refractivity contribution < 1.29 is 31.1 Å². The van der Waals surface area contributed by atoms with Gasteiger partial charge in [0.05, 0.1) is 29.6 Å². The van der Waals surface area contributed by atoms with Gasteiger partial charge in [-0.05, 0) is 43.3 Å². The number of sulfonamides is 1. The van der Waals surface area contributed by atoms with Gasteiger partial charge in [0, 0.05) is 5.69 Å². The minimum atomic E-state index is -4.58. The van der Waals surface area contributed by atoms with Gasteiger partial charge in [0.1, 0.15) is 11.8 Å². The lowest BCUT2D eigenvalue weighted by Crippen LogP contribution is -2.45. The number of carbonyl (C=O) groups excluding carboxylic acids is 1. The molecular weight excluding hydrogens is 433 g/mol. The molecular formula is C18H18ClF3N2O4S. The fraction of sp³-hybridized carbons (Fsp3) is 0.278. The van der Waals surface area contributed by atoms with Crippen LogP contribution in [0, 0.1) is 0 Å². The minimum absolute atomic E-state index is 0.102. The van der Waals surface area contributed by atoms with Crippen molar-refractivity contribution in [3.63, 3.8) is 0 Å². The van der Waals surface area contributed by atoms with E-state index in [2.05, 4.69) is 5.32 Å². The van der Waals surface area contributed by atoms with Crippen LogP contribution in [-0.4, -0.2) is 33.7 Å². The number of halogens is 4. The lowest BCUT2D eigenvalue weighted by Gasteiger charge is -2.28. The van der Waals surface area contributed by atoms with Gasteiger partial charge < -0.3 is 10.1 Å². The monoisotopic (exact) mass is 450 g/mol. The van der Waals surface area contributed by atoms with Crippen molar-refractivity contribution in [3.8, 4) is 5.75 Å². The summed E-state index contributed by atoms with van der Waals surface area (Å²) in [6.45, 7) is 1.31. The summed E-state index contributed by atoms with van der Waals surface area (Å²) >= 11 is 6.04. The van der Waals surface area contributed by atoms with E-state index in [1.807, 2.05) is 0 Å². The zero-order chi connectivity index (χ0) is 22.0. The Morgan fingerprint density at radius 1 is 1.21 bits per heavy atom. The van der Waals surface area contributed by atoms with Crippen molar-refractivity contribution in [2.75, 3.05) is 23.0 Å². The minimum Gasteiger partial charge on any atom is -0.495 e. The molecule has 0 aromatic heterocycles. The van der Waals surface area contributed by atoms with Crippen molar-refractivity contribution in [2.45, 2.75) is 19.1 Å². The lowest BCUT2D eigenvalue weighted by atomic mass is 10.2. The second-order valence-electron chi connectivity index (χ2n) is 6.12. The predicted octanol–water partition coefficient (Wildman–Crippen LogP) is 4.16. The third-order valence-corrected chi connectivity index (χ3v) is 5.47. The van der Waals surface area contributed by atoms with Crippen LogP contribution in [0.25, 0.3) is 0 Å². The highest BCUT2D eigenvalue weighted by atomic mass is 35.5. The highest BCUT2D eigenvalue weighted by Crippen LogP contribution is 2.32. The van der Waals surface area contributed by atoms with Crippen molar-refractivity contribution in [2.24, 2.45) is 0 Å². The van der Waals surface area contributed by atoms with Gasteiger partial charge in [-0.3, -0.25) is 9.10 Å². The molecule has 1 amide bonds. The van der Waals surface area contributed by atoms with Crippen LogP contribution in [0.15, 0.2) is 42.5 Å². The topological polar surface area (TPSA) is 75.7 Å². The molecule has 1 N–H and O–H groups in total. The van der Waals surface area contributed by atoms with Gasteiger partial charge in [-0.2, -0.15) is 13.2 Å². The number of benzene rings is 2. The van der Waals surface area contributed by atoms with Gasteiger partial charge in [0.15, 0.2) is 0 Å². The summed E-state index contributed by atoms with van der Waals surface area (Å²) in [4.78, 5) is 12.6. The number of hydrogen-bond donors (Lipinski definition) is 1. The van der Waals surface area contributed by atoms with Crippen LogP contribution in [0.2, 0.25) is 5.02 Å². The maximum atomic E-state index is 12.8. The molecule has 0 heterocycles. The van der Waals surface area contributed by atoms with Crippen LogP contribution in [-0.2, 0) is 21.0 Å². The Labute approximate surface area is 171 Å². The molecule has 29 heavy (non-hydrogen) atoms. The SMILES string of the molecule is COc1ccc(N([C@@H](C)C(=O)Nc2cccc(C(F)(F)F)c2)S(C)(=O)=O)cc1Cl. The first-order valence-corrected chi connectivity index (χ1v) is 10.4. The fourth-order valence-corrected chi connectivity index (χ4v) is 4.04. The zero-order valence-corrected chi connectivity index (χ0v) is 17.2. The first-order valence-electron chi connectivity index (χ1n) is 8.15. The summed E-state index contributed by atoms with van der Waals surface area (Å²) in [7, 11) is -2.54. The van der Waals surface area contributed by atoms with E-state index < -0.39 is 33.7 Å². The van der Waals surface area contributed by atoms with Crippen LogP contribution in [0.5, 0.6) is 5.75 Å². The van der Waals surface area contributed by atoms with Gasteiger partial charge in [-0.25, -0.2) is 8.42 Å². The number of carbonyl (C=O) groups is 1. The predicted molar refractivity (Wildman–Crippen MR) is 105 cm³/mol. The van der Waals surface area contributed by atoms with Crippen LogP contribution in [0.1, 0.15) is 12.5 Å². The maximum absolute atomic E-state index is 12.8. The molecule has 0 radical (unpaired) electrons. The molecule has 0 aliphatic rings. The van der Waals surface area contributed by atoms with Crippen molar-refractivity contribution in [1.29, 1.82) is 0 Å². The summed E-state index contributed by atoms with van der Waals surface area (Å²) in [5, 5.41) is 2.44. The normalized spacial score (nSPS) is 12.9. The summed E-state index contributed by atoms with van der Waals surface area (Å²) in [6, 6.07) is 6.92. The van der Waals surface area contributed by atoms with E-state index in [9.17, 15) is 26.4 Å². The first-order chi connectivity index (χ1) is 13.3. The molecule has 0 fully saturated rings. The Balaban J connectivity index is 2.34. The summed E-state index contributed by atoms with van der Waals surface area (Å²) < 4.78 is 69.0. The first kappa shape index (κ1) is 22.8. The van der Waals surface area contributed by atoms with Crippen LogP contribution >= 0.6 is 11.6 Å². The van der Waals surface area contributed by atoms with Gasteiger partial charge in [0.25, 0.3) is 0 Å². The molecule has 2 aromatic rings. The fourth-order valence-electron chi connectivity index (χ4n) is 2.62. The number of nitrogens with zero attached hydrogens (tertiary/aromatic N) is 1. The Morgan fingerprint density at radius 2 is 1.86 bits per heavy atom. The Kier molecular flexibility index (Phi) is 6.69. The van der Waals surface area contributed by atoms with Gasteiger partial charge >= 0.3 is 6.18 Å². The van der Waals surface area contributed by atoms with E-state index in [0.29, 0.717) is 5.75 Å². The number of rotatable bonds is 6. The standard InChI is InChI=1S/C18H18ClF3N2O4S/c1-11(17(25)23-13-6-4-5-12(9-13)18(20,21)22)24(29(3,26)27)14-7-8-16(28-2)15(19)10-14/h4-11H,1-3H3,(H,23,25)/t11-/m0/s1. The Bertz CT molecular complexity index is 1010. The summed E-state index contributed by atoms with van der Waals surface area (Å²) in [6.07, 6.45) is -3.68. The number of alkyl halides is 3. The number of methoxy groups -OCH3 is 1. The van der Waals surface area contributed by atoms with E-state index in [4.69, 9.17) is 16.3 Å². The number of hydrogen-bond acceptors (Lipinski definition) is 4. The molecule has 2 rings (SSSR count). The lowest BCUT2D eigenvalue weighted by molar-refractivity contribution is -0.137. The average Bonchev–Trinajstić information content (AvgIpc) is 2.60. The van der Waals surface area contributed by atoms with Crippen molar-refractivity contribution in [1.82, 2.24) is 0 Å². The molecule has 0 saturated carbocycles. The molecule has 6 nitrogen and oxygen atoms in total. The zero-order valence-electron chi connectivity index (χ0n) is 15.6. The van der Waals surface area contributed by atoms with E-state index >= 15 is 0 Å². The van der Waals surface area contributed by atoms with Gasteiger partial charge in [-0.15, -0.1) is 0 Å². The Morgan fingerprint density at radius 3 is 2.38 bits per heavy atom. The second kappa shape index (κ2) is 8.50. The Hall–Kier alpha value is -2.46. The molecule has 2 aromatic carbocycles.